The molecule has 0 saturated heterocycles. The maximum Gasteiger partial charge on any atom is 0.472 e. The van der Waals surface area contributed by atoms with Gasteiger partial charge in [-0.1, -0.05) is 203 Å². The Morgan fingerprint density at radius 3 is 1.37 bits per heavy atom. The first-order valence-electron chi connectivity index (χ1n) is 24.3. The zero-order valence-corrected chi connectivity index (χ0v) is 39.3. The molecule has 0 rings (SSSR count). The van der Waals surface area contributed by atoms with Crippen molar-refractivity contribution in [3.05, 3.63) is 60.8 Å². The van der Waals surface area contributed by atoms with Gasteiger partial charge in [-0.15, -0.1) is 0 Å². The number of ether oxygens (including phenoxy) is 2. The van der Waals surface area contributed by atoms with Crippen LogP contribution >= 0.6 is 7.82 Å². The summed E-state index contributed by atoms with van der Waals surface area (Å²) < 4.78 is 32.9. The van der Waals surface area contributed by atoms with Gasteiger partial charge in [-0.25, -0.2) is 4.57 Å². The van der Waals surface area contributed by atoms with E-state index in [9.17, 15) is 19.0 Å². The van der Waals surface area contributed by atoms with Crippen molar-refractivity contribution in [1.29, 1.82) is 0 Å². The predicted molar refractivity (Wildman–Crippen MR) is 252 cm³/mol. The number of esters is 2. The lowest BCUT2D eigenvalue weighted by Gasteiger charge is -2.19. The van der Waals surface area contributed by atoms with Crippen molar-refractivity contribution in [3.8, 4) is 0 Å². The van der Waals surface area contributed by atoms with Crippen LogP contribution in [0.3, 0.4) is 0 Å². The second kappa shape index (κ2) is 46.2. The highest BCUT2D eigenvalue weighted by Gasteiger charge is 2.26. The molecule has 60 heavy (non-hydrogen) atoms. The molecule has 0 aromatic rings. The van der Waals surface area contributed by atoms with Gasteiger partial charge in [0.05, 0.1) is 13.2 Å². The van der Waals surface area contributed by atoms with Crippen LogP contribution in [0.2, 0.25) is 0 Å². The lowest BCUT2D eigenvalue weighted by atomic mass is 10.0. The first kappa shape index (κ1) is 57.7. The zero-order valence-electron chi connectivity index (χ0n) is 38.4. The van der Waals surface area contributed by atoms with E-state index >= 15 is 0 Å². The average Bonchev–Trinajstić information content (AvgIpc) is 3.24. The lowest BCUT2D eigenvalue weighted by molar-refractivity contribution is -0.161. The fourth-order valence-electron chi connectivity index (χ4n) is 6.60. The van der Waals surface area contributed by atoms with Crippen molar-refractivity contribution in [1.82, 2.24) is 0 Å². The van der Waals surface area contributed by atoms with E-state index in [0.717, 1.165) is 70.6 Å². The van der Waals surface area contributed by atoms with Crippen LogP contribution in [0.1, 0.15) is 213 Å². The Morgan fingerprint density at radius 2 is 0.917 bits per heavy atom. The summed E-state index contributed by atoms with van der Waals surface area (Å²) in [6, 6.07) is 0. The number of nitrogens with two attached hydrogens (primary N) is 1. The van der Waals surface area contributed by atoms with Gasteiger partial charge in [0.25, 0.3) is 0 Å². The topological polar surface area (TPSA) is 134 Å². The van der Waals surface area contributed by atoms with Crippen molar-refractivity contribution in [2.45, 2.75) is 219 Å². The summed E-state index contributed by atoms with van der Waals surface area (Å²) in [5, 5.41) is 0. The van der Waals surface area contributed by atoms with Gasteiger partial charge in [-0.2, -0.15) is 0 Å². The maximum atomic E-state index is 12.6. The van der Waals surface area contributed by atoms with Crippen LogP contribution < -0.4 is 5.73 Å². The molecule has 0 heterocycles. The van der Waals surface area contributed by atoms with Crippen LogP contribution in [0.4, 0.5) is 0 Å². The summed E-state index contributed by atoms with van der Waals surface area (Å²) >= 11 is 0. The molecule has 0 spiro atoms. The molecule has 0 bridgehead atoms. The highest BCUT2D eigenvalue weighted by molar-refractivity contribution is 7.47. The van der Waals surface area contributed by atoms with Gasteiger partial charge in [0, 0.05) is 19.4 Å². The van der Waals surface area contributed by atoms with Crippen molar-refractivity contribution < 1.29 is 37.6 Å². The van der Waals surface area contributed by atoms with Gasteiger partial charge in [-0.3, -0.25) is 18.6 Å². The van der Waals surface area contributed by atoms with E-state index in [0.29, 0.717) is 12.8 Å². The molecule has 0 aromatic heterocycles. The van der Waals surface area contributed by atoms with E-state index in [2.05, 4.69) is 74.6 Å². The first-order chi connectivity index (χ1) is 29.3. The van der Waals surface area contributed by atoms with E-state index in [1.807, 2.05) is 0 Å². The number of hydrogen-bond donors (Lipinski definition) is 2. The van der Waals surface area contributed by atoms with Crippen molar-refractivity contribution in [2.24, 2.45) is 5.73 Å². The van der Waals surface area contributed by atoms with Crippen molar-refractivity contribution in [3.63, 3.8) is 0 Å². The van der Waals surface area contributed by atoms with Gasteiger partial charge in [-0.05, 0) is 57.8 Å². The first-order valence-corrected chi connectivity index (χ1v) is 25.8. The normalized spacial score (nSPS) is 13.7. The third-order valence-corrected chi connectivity index (χ3v) is 11.2. The molecule has 0 saturated carbocycles. The standard InChI is InChI=1S/C50H90NO8P/c1-3-5-7-9-11-13-15-17-19-21-23-25-27-29-31-33-35-37-39-41-43-50(53)59-48(47-58-60(54,55)57-45-44-51)46-56-49(52)42-40-38-36-34-32-30-28-26-24-22-20-18-16-14-12-10-8-6-4-2/h6,8,12,14,18,20,24,26,30,32,48H,3-5,7,9-11,13,15-17,19,21-23,25,27-29,31,33-47,51H2,1-2H3,(H,54,55)/b8-6+,14-12+,20-18+,26-24+,32-30+/t48-/m1/s1. The number of hydrogen-bond acceptors (Lipinski definition) is 8. The molecule has 10 heteroatoms. The van der Waals surface area contributed by atoms with E-state index in [1.165, 1.54) is 103 Å². The number of phosphoric acid groups is 1. The van der Waals surface area contributed by atoms with Gasteiger partial charge >= 0.3 is 19.8 Å². The minimum absolute atomic E-state index is 0.0474. The van der Waals surface area contributed by atoms with Crippen molar-refractivity contribution in [2.75, 3.05) is 26.4 Å². The maximum absolute atomic E-state index is 12.6. The number of carbonyl (C=O) groups is 2. The Morgan fingerprint density at radius 1 is 0.517 bits per heavy atom. The van der Waals surface area contributed by atoms with E-state index in [-0.39, 0.29) is 32.6 Å². The van der Waals surface area contributed by atoms with Crippen LogP contribution in [0, 0.1) is 0 Å². The van der Waals surface area contributed by atoms with Crippen LogP contribution in [-0.4, -0.2) is 49.3 Å². The van der Waals surface area contributed by atoms with Gasteiger partial charge in [0.2, 0.25) is 0 Å². The minimum atomic E-state index is -4.39. The van der Waals surface area contributed by atoms with Crippen LogP contribution in [0.15, 0.2) is 60.8 Å². The fraction of sp³-hybridized carbons (Fsp3) is 0.760. The quantitative estimate of drug-likeness (QED) is 0.0265. The molecule has 9 nitrogen and oxygen atoms in total. The fourth-order valence-corrected chi connectivity index (χ4v) is 7.37. The third-order valence-electron chi connectivity index (χ3n) is 10.2. The molecule has 0 aromatic carbocycles. The molecule has 3 N–H and O–H groups in total. The molecule has 1 unspecified atom stereocenters. The SMILES string of the molecule is CC/C=C/C/C=C/C/C=C/C/C=C/C/C=C/CCCCCC(=O)OC[C@H](COP(=O)(O)OCCN)OC(=O)CCCCCCCCCCCCCCCCCCCCCC. The van der Waals surface area contributed by atoms with Crippen molar-refractivity contribution >= 4 is 19.8 Å². The summed E-state index contributed by atoms with van der Waals surface area (Å²) in [6.45, 7) is 3.60. The van der Waals surface area contributed by atoms with Gasteiger partial charge in [0.1, 0.15) is 6.61 Å². The monoisotopic (exact) mass is 864 g/mol. The summed E-state index contributed by atoms with van der Waals surface area (Å²) in [5.41, 5.74) is 5.36. The number of allylic oxidation sites excluding steroid dienone is 10. The number of unbranched alkanes of at least 4 members (excludes halogenated alkanes) is 22. The highest BCUT2D eigenvalue weighted by atomic mass is 31.2. The van der Waals surface area contributed by atoms with E-state index in [1.54, 1.807) is 0 Å². The Labute approximate surface area is 368 Å². The Bertz CT molecular complexity index is 1170. The number of carbonyl (C=O) groups excluding carboxylic acids is 2. The Kier molecular flexibility index (Phi) is 44.5. The zero-order chi connectivity index (χ0) is 43.9. The summed E-state index contributed by atoms with van der Waals surface area (Å²) in [4.78, 5) is 35.0. The molecular weight excluding hydrogens is 774 g/mol. The molecular formula is C50H90NO8P. The molecule has 2 atom stereocenters. The lowest BCUT2D eigenvalue weighted by Crippen LogP contribution is -2.29. The summed E-state index contributed by atoms with van der Waals surface area (Å²) in [5.74, 6) is -0.862. The smallest absolute Gasteiger partial charge is 0.462 e. The highest BCUT2D eigenvalue weighted by Crippen LogP contribution is 2.43. The number of phosphoric ester groups is 1. The average molecular weight is 864 g/mol. The summed E-state index contributed by atoms with van der Waals surface area (Å²) in [6.07, 6.45) is 55.4. The van der Waals surface area contributed by atoms with Crippen LogP contribution in [0.5, 0.6) is 0 Å². The third kappa shape index (κ3) is 45.2. The minimum Gasteiger partial charge on any atom is -0.462 e. The molecule has 0 fully saturated rings. The Balaban J connectivity index is 4.13. The molecule has 0 radical (unpaired) electrons. The Hall–Kier alpha value is -2.29. The number of rotatable bonds is 45. The van der Waals surface area contributed by atoms with E-state index < -0.39 is 32.5 Å². The van der Waals surface area contributed by atoms with Gasteiger partial charge in [0.15, 0.2) is 6.10 Å². The van der Waals surface area contributed by atoms with Crippen LogP contribution in [-0.2, 0) is 32.7 Å². The van der Waals surface area contributed by atoms with E-state index in [4.69, 9.17) is 24.3 Å². The summed E-state index contributed by atoms with van der Waals surface area (Å²) in [7, 11) is -4.39. The molecule has 0 aliphatic rings. The molecule has 0 aliphatic carbocycles. The largest absolute Gasteiger partial charge is 0.472 e. The second-order valence-corrected chi connectivity index (χ2v) is 17.4. The second-order valence-electron chi connectivity index (χ2n) is 16.0. The predicted octanol–water partition coefficient (Wildman–Crippen LogP) is 14.4. The molecule has 348 valence electrons. The van der Waals surface area contributed by atoms with Crippen LogP contribution in [0.25, 0.3) is 0 Å². The molecule has 0 aliphatic heterocycles. The van der Waals surface area contributed by atoms with Gasteiger partial charge < -0.3 is 20.1 Å². The molecule has 0 amide bonds.